The van der Waals surface area contributed by atoms with Gasteiger partial charge in [0.25, 0.3) is 0 Å². The van der Waals surface area contributed by atoms with Gasteiger partial charge in [0.1, 0.15) is 13.2 Å². The van der Waals surface area contributed by atoms with Crippen LogP contribution in [0.3, 0.4) is 0 Å². The van der Waals surface area contributed by atoms with Crippen LogP contribution in [0, 0.1) is 0 Å². The maximum Gasteiger partial charge on any atom is 0.411 e. The van der Waals surface area contributed by atoms with E-state index in [4.69, 9.17) is 0 Å². The minimum atomic E-state index is -4.54. The van der Waals surface area contributed by atoms with Crippen molar-refractivity contribution in [1.82, 2.24) is 4.31 Å². The molecule has 11 heteroatoms. The molecule has 1 rings (SSSR count). The van der Waals surface area contributed by atoms with Crippen LogP contribution in [0.25, 0.3) is 0 Å². The molecule has 0 aliphatic carbocycles. The third kappa shape index (κ3) is 7.16. The minimum Gasteiger partial charge on any atom is -0.370 e. The Bertz CT molecular complexity index is 777. The van der Waals surface area contributed by atoms with Gasteiger partial charge in [0.05, 0.1) is 16.3 Å². The lowest BCUT2D eigenvalue weighted by atomic mass is 10.2. The van der Waals surface area contributed by atoms with Gasteiger partial charge in [-0.1, -0.05) is 13.8 Å². The summed E-state index contributed by atoms with van der Waals surface area (Å²) in [6, 6.07) is 4.36. The second-order valence-corrected chi connectivity index (χ2v) is 8.03. The predicted molar refractivity (Wildman–Crippen MR) is 106 cm³/mol. The standard InChI is InChI=1S/C18H28F3N3O4S/c1-5-23(6-2)16-10-9-14(29(26,27)24(7-3)8-4)11-15(16)22-17(25)12-28-13-18(19,20)21/h9-11H,5-8,12-13H2,1-4H3,(H,22,25). The molecule has 0 aromatic heterocycles. The molecule has 1 N–H and O–H groups in total. The topological polar surface area (TPSA) is 79.0 Å². The molecule has 0 unspecified atom stereocenters. The van der Waals surface area contributed by atoms with Gasteiger partial charge in [-0.15, -0.1) is 0 Å². The number of amides is 1. The third-order valence-corrected chi connectivity index (χ3v) is 6.23. The van der Waals surface area contributed by atoms with Gasteiger partial charge >= 0.3 is 6.18 Å². The first-order chi connectivity index (χ1) is 13.5. The van der Waals surface area contributed by atoms with Gasteiger partial charge in [0.2, 0.25) is 15.9 Å². The number of carbonyl (C=O) groups is 1. The van der Waals surface area contributed by atoms with E-state index in [2.05, 4.69) is 10.1 Å². The normalized spacial score (nSPS) is 12.3. The first kappa shape index (κ1) is 25.2. The van der Waals surface area contributed by atoms with Crippen molar-refractivity contribution in [3.8, 4) is 0 Å². The Balaban J connectivity index is 3.21. The van der Waals surface area contributed by atoms with E-state index >= 15 is 0 Å². The summed E-state index contributed by atoms with van der Waals surface area (Å²) in [7, 11) is -3.77. The Morgan fingerprint density at radius 3 is 2.14 bits per heavy atom. The van der Waals surface area contributed by atoms with Gasteiger partial charge in [0, 0.05) is 26.2 Å². The number of nitrogens with zero attached hydrogens (tertiary/aromatic N) is 2. The molecule has 1 aromatic carbocycles. The second-order valence-electron chi connectivity index (χ2n) is 6.10. The van der Waals surface area contributed by atoms with Gasteiger partial charge in [-0.05, 0) is 32.0 Å². The Morgan fingerprint density at radius 2 is 1.66 bits per heavy atom. The largest absolute Gasteiger partial charge is 0.411 e. The molecule has 0 bridgehead atoms. The first-order valence-corrected chi connectivity index (χ1v) is 10.8. The van der Waals surface area contributed by atoms with Crippen molar-refractivity contribution in [1.29, 1.82) is 0 Å². The molecule has 1 aromatic rings. The maximum atomic E-state index is 12.8. The summed E-state index contributed by atoms with van der Waals surface area (Å²) >= 11 is 0. The van der Waals surface area contributed by atoms with Crippen molar-refractivity contribution in [2.45, 2.75) is 38.8 Å². The van der Waals surface area contributed by atoms with Gasteiger partial charge in [-0.25, -0.2) is 8.42 Å². The molecule has 0 aliphatic rings. The third-order valence-electron chi connectivity index (χ3n) is 4.19. The van der Waals surface area contributed by atoms with E-state index in [0.717, 1.165) is 0 Å². The van der Waals surface area contributed by atoms with Crippen LogP contribution in [0.2, 0.25) is 0 Å². The van der Waals surface area contributed by atoms with E-state index in [9.17, 15) is 26.4 Å². The summed E-state index contributed by atoms with van der Waals surface area (Å²) in [6.45, 7) is 6.61. The number of ether oxygens (including phenoxy) is 1. The maximum absolute atomic E-state index is 12.8. The van der Waals surface area contributed by atoms with Crippen LogP contribution in [0.15, 0.2) is 23.1 Å². The molecule has 0 aliphatic heterocycles. The molecule has 0 saturated heterocycles. The SMILES string of the molecule is CCN(CC)c1ccc(S(=O)(=O)N(CC)CC)cc1NC(=O)COCC(F)(F)F. The van der Waals surface area contributed by atoms with Crippen LogP contribution in [0.4, 0.5) is 24.5 Å². The number of nitrogens with one attached hydrogen (secondary N) is 1. The van der Waals surface area contributed by atoms with Crippen LogP contribution in [-0.2, 0) is 19.6 Å². The lowest BCUT2D eigenvalue weighted by Crippen LogP contribution is -2.31. The van der Waals surface area contributed by atoms with E-state index in [1.54, 1.807) is 19.9 Å². The van der Waals surface area contributed by atoms with Gasteiger partial charge in [-0.2, -0.15) is 17.5 Å². The van der Waals surface area contributed by atoms with Crippen LogP contribution in [0.5, 0.6) is 0 Å². The molecule has 0 saturated carbocycles. The number of hydrogen-bond acceptors (Lipinski definition) is 5. The number of sulfonamides is 1. The average molecular weight is 440 g/mol. The van der Waals surface area contributed by atoms with Crippen LogP contribution in [-0.4, -0.2) is 64.2 Å². The van der Waals surface area contributed by atoms with E-state index < -0.39 is 35.3 Å². The zero-order valence-electron chi connectivity index (χ0n) is 17.0. The zero-order valence-corrected chi connectivity index (χ0v) is 17.9. The number of rotatable bonds is 11. The Labute approximate surface area is 169 Å². The highest BCUT2D eigenvalue weighted by Gasteiger charge is 2.28. The molecule has 0 heterocycles. The van der Waals surface area contributed by atoms with Crippen molar-refractivity contribution < 1.29 is 31.1 Å². The molecule has 166 valence electrons. The fourth-order valence-electron chi connectivity index (χ4n) is 2.77. The quantitative estimate of drug-likeness (QED) is 0.573. The van der Waals surface area contributed by atoms with E-state index in [1.165, 1.54) is 16.4 Å². The first-order valence-electron chi connectivity index (χ1n) is 9.33. The summed E-state index contributed by atoms with van der Waals surface area (Å²) < 4.78 is 67.8. The van der Waals surface area contributed by atoms with Gasteiger partial charge in [-0.3, -0.25) is 4.79 Å². The van der Waals surface area contributed by atoms with E-state index in [0.29, 0.717) is 18.8 Å². The number of hydrogen-bond donors (Lipinski definition) is 1. The summed E-state index contributed by atoms with van der Waals surface area (Å²) in [6.07, 6.45) is -4.54. The van der Waals surface area contributed by atoms with Gasteiger partial charge in [0.15, 0.2) is 0 Å². The van der Waals surface area contributed by atoms with Crippen molar-refractivity contribution in [3.05, 3.63) is 18.2 Å². The zero-order chi connectivity index (χ0) is 22.2. The molecule has 1 amide bonds. The molecule has 0 radical (unpaired) electrons. The molecule has 29 heavy (non-hydrogen) atoms. The summed E-state index contributed by atoms with van der Waals surface area (Å²) in [5.41, 5.74) is 0.764. The highest BCUT2D eigenvalue weighted by Crippen LogP contribution is 2.30. The molecule has 0 spiro atoms. The highest BCUT2D eigenvalue weighted by molar-refractivity contribution is 7.89. The van der Waals surface area contributed by atoms with Gasteiger partial charge < -0.3 is 15.0 Å². The number of alkyl halides is 3. The van der Waals surface area contributed by atoms with Crippen LogP contribution < -0.4 is 10.2 Å². The summed E-state index contributed by atoms with van der Waals surface area (Å²) in [5.74, 6) is -0.806. The highest BCUT2D eigenvalue weighted by atomic mass is 32.2. The smallest absolute Gasteiger partial charge is 0.370 e. The van der Waals surface area contributed by atoms with Crippen LogP contribution >= 0.6 is 0 Å². The minimum absolute atomic E-state index is 0.0105. The fourth-order valence-corrected chi connectivity index (χ4v) is 4.26. The molecule has 7 nitrogen and oxygen atoms in total. The van der Waals surface area contributed by atoms with E-state index in [-0.39, 0.29) is 23.7 Å². The molecular formula is C18H28F3N3O4S. The Morgan fingerprint density at radius 1 is 1.07 bits per heavy atom. The van der Waals surface area contributed by atoms with Crippen LogP contribution in [0.1, 0.15) is 27.7 Å². The second kappa shape index (κ2) is 10.8. The molecule has 0 fully saturated rings. The average Bonchev–Trinajstić information content (AvgIpc) is 2.63. The predicted octanol–water partition coefficient (Wildman–Crippen LogP) is 3.08. The fraction of sp³-hybridized carbons (Fsp3) is 0.611. The van der Waals surface area contributed by atoms with E-state index in [1.807, 2.05) is 18.7 Å². The molecule has 0 atom stereocenters. The number of benzene rings is 1. The Hall–Kier alpha value is -1.85. The monoisotopic (exact) mass is 439 g/mol. The molecular weight excluding hydrogens is 411 g/mol. The Kier molecular flexibility index (Phi) is 9.37. The summed E-state index contributed by atoms with van der Waals surface area (Å²) in [5, 5.41) is 2.48. The van der Waals surface area contributed by atoms with Crippen molar-refractivity contribution >= 4 is 27.3 Å². The van der Waals surface area contributed by atoms with Crippen molar-refractivity contribution in [3.63, 3.8) is 0 Å². The number of halogens is 3. The lowest BCUT2D eigenvalue weighted by Gasteiger charge is -2.26. The van der Waals surface area contributed by atoms with Crippen molar-refractivity contribution in [2.24, 2.45) is 0 Å². The number of carbonyl (C=O) groups excluding carboxylic acids is 1. The summed E-state index contributed by atoms with van der Waals surface area (Å²) in [4.78, 5) is 14.0. The number of anilines is 2. The lowest BCUT2D eigenvalue weighted by molar-refractivity contribution is -0.174. The van der Waals surface area contributed by atoms with Crippen molar-refractivity contribution in [2.75, 3.05) is 49.6 Å².